The predicted octanol–water partition coefficient (Wildman–Crippen LogP) is 3.41. The predicted molar refractivity (Wildman–Crippen MR) is 109 cm³/mol. The summed E-state index contributed by atoms with van der Waals surface area (Å²) in [6.07, 6.45) is 6.18. The molecule has 28 heavy (non-hydrogen) atoms. The maximum atomic E-state index is 12.9. The zero-order valence-corrected chi connectivity index (χ0v) is 16.1. The van der Waals surface area contributed by atoms with Crippen molar-refractivity contribution in [3.05, 3.63) is 77.6 Å². The lowest BCUT2D eigenvalue weighted by atomic mass is 10.1. The number of allylic oxidation sites excluding steroid dienone is 1. The number of hydrogen-bond donors (Lipinski definition) is 1. The molecule has 1 heterocycles. The minimum Gasteiger partial charge on any atom is -0.508 e. The number of phenolic OH excluding ortho intramolecular Hbond substituents is 1. The molecule has 0 aromatic heterocycles. The third-order valence-corrected chi connectivity index (χ3v) is 5.06. The van der Waals surface area contributed by atoms with Crippen LogP contribution in [0.15, 0.2) is 60.7 Å². The van der Waals surface area contributed by atoms with Gasteiger partial charge in [-0.2, -0.15) is 0 Å². The van der Waals surface area contributed by atoms with E-state index in [4.69, 9.17) is 0 Å². The number of nitrogens with zero attached hydrogens (tertiary/aromatic N) is 2. The lowest BCUT2D eigenvalue weighted by Crippen LogP contribution is -2.48. The Morgan fingerprint density at radius 3 is 2.46 bits per heavy atom. The smallest absolute Gasteiger partial charge is 0.222 e. The Kier molecular flexibility index (Phi) is 7.20. The van der Waals surface area contributed by atoms with E-state index in [0.717, 1.165) is 50.3 Å². The van der Waals surface area contributed by atoms with Crippen LogP contribution in [0.5, 0.6) is 5.75 Å². The summed E-state index contributed by atoms with van der Waals surface area (Å²) >= 11 is 0. The summed E-state index contributed by atoms with van der Waals surface area (Å²) in [5.74, 6) is 0.211. The zero-order valence-electron chi connectivity index (χ0n) is 16.1. The number of aromatic hydroxyl groups is 1. The van der Waals surface area contributed by atoms with Crippen LogP contribution in [0.1, 0.15) is 17.5 Å². The average Bonchev–Trinajstić information content (AvgIpc) is 2.71. The van der Waals surface area contributed by atoms with E-state index < -0.39 is 0 Å². The normalized spacial score (nSPS) is 15.2. The van der Waals surface area contributed by atoms with E-state index in [2.05, 4.69) is 17.1 Å². The van der Waals surface area contributed by atoms with Gasteiger partial charge in [0.05, 0.1) is 0 Å². The van der Waals surface area contributed by atoms with Gasteiger partial charge >= 0.3 is 0 Å². The number of carbonyl (C=O) groups excluding carboxylic acids is 1. The second-order valence-electron chi connectivity index (χ2n) is 7.15. The molecular weight excluding hydrogens is 355 g/mol. The Hall–Kier alpha value is -2.66. The first-order chi connectivity index (χ1) is 13.6. The molecule has 0 atom stereocenters. The van der Waals surface area contributed by atoms with Gasteiger partial charge < -0.3 is 10.0 Å². The number of rotatable bonds is 7. The third kappa shape index (κ3) is 6.20. The molecule has 1 amide bonds. The number of benzene rings is 2. The van der Waals surface area contributed by atoms with Crippen molar-refractivity contribution in [1.82, 2.24) is 9.80 Å². The van der Waals surface area contributed by atoms with Crippen LogP contribution < -0.4 is 0 Å². The molecular formula is C23H27FN2O2. The third-order valence-electron chi connectivity index (χ3n) is 5.06. The van der Waals surface area contributed by atoms with Gasteiger partial charge in [-0.25, -0.2) is 4.39 Å². The number of aryl methyl sites for hydroxylation is 1. The standard InChI is InChI=1S/C23H27FN2O2/c24-21-10-7-19(8-11-21)4-1-2-13-25-14-16-26(17-15-25)23(28)12-9-20-5-3-6-22(27)18-20/h1-3,5-8,10-11,18,27H,4,9,12-17H2/b2-1+. The molecule has 0 bridgehead atoms. The fraction of sp³-hybridized carbons (Fsp3) is 0.348. The Bertz CT molecular complexity index is 797. The van der Waals surface area contributed by atoms with E-state index in [9.17, 15) is 14.3 Å². The van der Waals surface area contributed by atoms with Gasteiger partial charge in [0, 0.05) is 39.1 Å². The summed E-state index contributed by atoms with van der Waals surface area (Å²) in [6.45, 7) is 4.12. The van der Waals surface area contributed by atoms with Crippen molar-refractivity contribution < 1.29 is 14.3 Å². The van der Waals surface area contributed by atoms with E-state index in [1.807, 2.05) is 11.0 Å². The van der Waals surface area contributed by atoms with Crippen LogP contribution in [0, 0.1) is 5.82 Å². The molecule has 1 aliphatic heterocycles. The molecule has 0 radical (unpaired) electrons. The molecule has 1 saturated heterocycles. The largest absolute Gasteiger partial charge is 0.508 e. The van der Waals surface area contributed by atoms with Crippen molar-refractivity contribution >= 4 is 5.91 Å². The first-order valence-corrected chi connectivity index (χ1v) is 9.77. The molecule has 3 rings (SSSR count). The van der Waals surface area contributed by atoms with Gasteiger partial charge in [0.2, 0.25) is 5.91 Å². The van der Waals surface area contributed by atoms with Gasteiger partial charge in [-0.05, 0) is 48.2 Å². The number of carbonyl (C=O) groups is 1. The van der Waals surface area contributed by atoms with Crippen LogP contribution in [0.3, 0.4) is 0 Å². The highest BCUT2D eigenvalue weighted by Crippen LogP contribution is 2.13. The van der Waals surface area contributed by atoms with Crippen LogP contribution in [0.25, 0.3) is 0 Å². The molecule has 1 N–H and O–H groups in total. The van der Waals surface area contributed by atoms with Gasteiger partial charge in [0.25, 0.3) is 0 Å². The van der Waals surface area contributed by atoms with Gasteiger partial charge in [-0.1, -0.05) is 36.4 Å². The van der Waals surface area contributed by atoms with Gasteiger partial charge in [0.1, 0.15) is 11.6 Å². The first-order valence-electron chi connectivity index (χ1n) is 9.77. The molecule has 1 aliphatic rings. The minimum atomic E-state index is -0.206. The number of hydrogen-bond acceptors (Lipinski definition) is 3. The molecule has 2 aromatic rings. The van der Waals surface area contributed by atoms with Crippen molar-refractivity contribution in [2.24, 2.45) is 0 Å². The number of halogens is 1. The van der Waals surface area contributed by atoms with Crippen LogP contribution >= 0.6 is 0 Å². The Labute approximate surface area is 165 Å². The van der Waals surface area contributed by atoms with Crippen molar-refractivity contribution in [3.8, 4) is 5.75 Å². The highest BCUT2D eigenvalue weighted by Gasteiger charge is 2.20. The Morgan fingerprint density at radius 1 is 1.00 bits per heavy atom. The second-order valence-corrected chi connectivity index (χ2v) is 7.15. The van der Waals surface area contributed by atoms with Crippen molar-refractivity contribution in [2.75, 3.05) is 32.7 Å². The SMILES string of the molecule is O=C(CCc1cccc(O)c1)N1CCN(C/C=C/Cc2ccc(F)cc2)CC1. The maximum Gasteiger partial charge on any atom is 0.222 e. The lowest BCUT2D eigenvalue weighted by Gasteiger charge is -2.34. The van der Waals surface area contributed by atoms with Crippen LogP contribution in [-0.4, -0.2) is 53.5 Å². The first kappa shape index (κ1) is 20.1. The lowest BCUT2D eigenvalue weighted by molar-refractivity contribution is -0.132. The monoisotopic (exact) mass is 382 g/mol. The number of amides is 1. The van der Waals surface area contributed by atoms with Crippen molar-refractivity contribution in [1.29, 1.82) is 0 Å². The quantitative estimate of drug-likeness (QED) is 0.747. The molecule has 2 aromatic carbocycles. The number of piperazine rings is 1. The minimum absolute atomic E-state index is 0.176. The summed E-state index contributed by atoms with van der Waals surface area (Å²) in [5.41, 5.74) is 2.08. The van der Waals surface area contributed by atoms with Gasteiger partial charge in [-0.3, -0.25) is 9.69 Å². The molecule has 0 aliphatic carbocycles. The van der Waals surface area contributed by atoms with Crippen molar-refractivity contribution in [3.63, 3.8) is 0 Å². The van der Waals surface area contributed by atoms with Crippen LogP contribution in [0.4, 0.5) is 4.39 Å². The van der Waals surface area contributed by atoms with Crippen LogP contribution in [-0.2, 0) is 17.6 Å². The highest BCUT2D eigenvalue weighted by molar-refractivity contribution is 5.76. The zero-order chi connectivity index (χ0) is 19.8. The summed E-state index contributed by atoms with van der Waals surface area (Å²) < 4.78 is 12.9. The molecule has 0 saturated carbocycles. The maximum absolute atomic E-state index is 12.9. The van der Waals surface area contributed by atoms with Crippen LogP contribution in [0.2, 0.25) is 0 Å². The van der Waals surface area contributed by atoms with Gasteiger partial charge in [-0.15, -0.1) is 0 Å². The fourth-order valence-electron chi connectivity index (χ4n) is 3.36. The summed E-state index contributed by atoms with van der Waals surface area (Å²) in [7, 11) is 0. The van der Waals surface area contributed by atoms with E-state index in [0.29, 0.717) is 12.8 Å². The average molecular weight is 382 g/mol. The summed E-state index contributed by atoms with van der Waals surface area (Å²) in [5, 5.41) is 9.50. The molecule has 1 fully saturated rings. The molecule has 4 nitrogen and oxygen atoms in total. The highest BCUT2D eigenvalue weighted by atomic mass is 19.1. The Balaban J connectivity index is 1.35. The molecule has 0 spiro atoms. The molecule has 5 heteroatoms. The second kappa shape index (κ2) is 10.0. The Morgan fingerprint density at radius 2 is 1.75 bits per heavy atom. The van der Waals surface area contributed by atoms with Gasteiger partial charge in [0.15, 0.2) is 0 Å². The van der Waals surface area contributed by atoms with Crippen molar-refractivity contribution in [2.45, 2.75) is 19.3 Å². The van der Waals surface area contributed by atoms with E-state index in [-0.39, 0.29) is 17.5 Å². The number of phenols is 1. The summed E-state index contributed by atoms with van der Waals surface area (Å²) in [4.78, 5) is 16.7. The van der Waals surface area contributed by atoms with E-state index in [1.54, 1.807) is 30.3 Å². The molecule has 0 unspecified atom stereocenters. The van der Waals surface area contributed by atoms with E-state index >= 15 is 0 Å². The molecule has 148 valence electrons. The van der Waals surface area contributed by atoms with E-state index in [1.165, 1.54) is 12.1 Å². The topological polar surface area (TPSA) is 43.8 Å². The fourth-order valence-corrected chi connectivity index (χ4v) is 3.36. The summed E-state index contributed by atoms with van der Waals surface area (Å²) in [6, 6.07) is 13.7.